The molecule has 0 aromatic carbocycles. The van der Waals surface area contributed by atoms with E-state index in [0.29, 0.717) is 11.8 Å². The molecule has 4 heterocycles. The number of nitrogens with one attached hydrogen (secondary N) is 1. The van der Waals surface area contributed by atoms with Gasteiger partial charge in [0.1, 0.15) is 5.76 Å². The summed E-state index contributed by atoms with van der Waals surface area (Å²) < 4.78 is 6.06. The lowest BCUT2D eigenvalue weighted by molar-refractivity contribution is -0.122. The maximum absolute atomic E-state index is 13.4. The Hall–Kier alpha value is -3.12. The second kappa shape index (κ2) is 9.79. The minimum absolute atomic E-state index is 0.0774. The van der Waals surface area contributed by atoms with Crippen LogP contribution in [0.15, 0.2) is 58.4 Å². The van der Waals surface area contributed by atoms with E-state index in [1.165, 1.54) is 0 Å². The van der Waals surface area contributed by atoms with Gasteiger partial charge in [0, 0.05) is 54.7 Å². The lowest BCUT2D eigenvalue weighted by Crippen LogP contribution is -2.48. The number of furan rings is 1. The van der Waals surface area contributed by atoms with Crippen LogP contribution in [-0.2, 0) is 4.79 Å². The molecule has 6 nitrogen and oxygen atoms in total. The van der Waals surface area contributed by atoms with Crippen molar-refractivity contribution >= 4 is 22.4 Å². The number of aromatic nitrogens is 1. The Kier molecular flexibility index (Phi) is 6.84. The van der Waals surface area contributed by atoms with Crippen LogP contribution in [0, 0.1) is 13.8 Å². The average molecular weight is 447 g/mol. The first-order chi connectivity index (χ1) is 15.9. The van der Waals surface area contributed by atoms with Crippen LogP contribution in [0.4, 0.5) is 0 Å². The van der Waals surface area contributed by atoms with E-state index in [0.717, 1.165) is 71.8 Å². The standard InChI is InChI=1S/C27H34N4O2/c1-6-7-8-23-9-10-24(30-12-11-28-20(4)16-30)17-31(23)26(32)13-18(2)25-15-22-14-19(3)29-21(5)27(22)33-25/h8-10,13-15,17,20,28H,6-7,11-12,16H2,1-5H3/b18-13+,23-8+/t20-/m0/s1. The van der Waals surface area contributed by atoms with Gasteiger partial charge in [0.15, 0.2) is 5.58 Å². The van der Waals surface area contributed by atoms with Crippen molar-refractivity contribution in [1.29, 1.82) is 0 Å². The third-order valence-corrected chi connectivity index (χ3v) is 6.10. The summed E-state index contributed by atoms with van der Waals surface area (Å²) in [5.41, 5.74) is 5.36. The molecule has 0 bridgehead atoms. The van der Waals surface area contributed by atoms with Crippen molar-refractivity contribution in [3.05, 3.63) is 71.2 Å². The molecular weight excluding hydrogens is 412 g/mol. The number of pyridine rings is 1. The molecule has 1 fully saturated rings. The highest BCUT2D eigenvalue weighted by Gasteiger charge is 2.23. The Bertz CT molecular complexity index is 1170. The molecule has 0 saturated carbocycles. The first-order valence-corrected chi connectivity index (χ1v) is 11.8. The van der Waals surface area contributed by atoms with Gasteiger partial charge in [0.05, 0.1) is 11.4 Å². The van der Waals surface area contributed by atoms with Crippen molar-refractivity contribution in [2.45, 2.75) is 53.5 Å². The fourth-order valence-electron chi connectivity index (χ4n) is 4.39. The second-order valence-electron chi connectivity index (χ2n) is 9.02. The molecule has 4 rings (SSSR count). The van der Waals surface area contributed by atoms with Crippen LogP contribution in [0.1, 0.15) is 50.8 Å². The molecule has 2 aliphatic heterocycles. The fourth-order valence-corrected chi connectivity index (χ4v) is 4.39. The molecule has 1 atom stereocenters. The summed E-state index contributed by atoms with van der Waals surface area (Å²) in [4.78, 5) is 22.0. The normalized spacial score (nSPS) is 20.6. The number of rotatable bonds is 5. The van der Waals surface area contributed by atoms with Crippen molar-refractivity contribution < 1.29 is 9.21 Å². The minimum Gasteiger partial charge on any atom is -0.455 e. The molecule has 0 unspecified atom stereocenters. The van der Waals surface area contributed by atoms with Crippen molar-refractivity contribution in [2.24, 2.45) is 0 Å². The monoisotopic (exact) mass is 446 g/mol. The average Bonchev–Trinajstić information content (AvgIpc) is 3.22. The molecule has 2 aromatic rings. The number of unbranched alkanes of at least 4 members (excludes halogenated alkanes) is 1. The van der Waals surface area contributed by atoms with Crippen LogP contribution in [0.25, 0.3) is 16.5 Å². The molecule has 1 saturated heterocycles. The Morgan fingerprint density at radius 1 is 1.30 bits per heavy atom. The van der Waals surface area contributed by atoms with Gasteiger partial charge in [-0.15, -0.1) is 0 Å². The second-order valence-corrected chi connectivity index (χ2v) is 9.02. The van der Waals surface area contributed by atoms with Crippen LogP contribution >= 0.6 is 0 Å². The van der Waals surface area contributed by atoms with Crippen LogP contribution in [0.5, 0.6) is 0 Å². The number of hydrogen-bond acceptors (Lipinski definition) is 5. The Labute approximate surface area is 196 Å². The number of aryl methyl sites for hydroxylation is 2. The van der Waals surface area contributed by atoms with Gasteiger partial charge in [0.2, 0.25) is 0 Å². The number of piperazine rings is 1. The number of nitrogens with zero attached hydrogens (tertiary/aromatic N) is 3. The fraction of sp³-hybridized carbons (Fsp3) is 0.407. The van der Waals surface area contributed by atoms with Gasteiger partial charge < -0.3 is 14.6 Å². The molecule has 0 aliphatic carbocycles. The summed E-state index contributed by atoms with van der Waals surface area (Å²) in [5.74, 6) is 0.618. The van der Waals surface area contributed by atoms with Gasteiger partial charge in [-0.05, 0) is 64.0 Å². The Balaban J connectivity index is 1.63. The van der Waals surface area contributed by atoms with Crippen molar-refractivity contribution in [3.8, 4) is 0 Å². The summed E-state index contributed by atoms with van der Waals surface area (Å²) in [6.45, 7) is 13.0. The van der Waals surface area contributed by atoms with E-state index in [4.69, 9.17) is 4.42 Å². The van der Waals surface area contributed by atoms with Gasteiger partial charge in [-0.1, -0.05) is 19.4 Å². The summed E-state index contributed by atoms with van der Waals surface area (Å²) in [7, 11) is 0. The zero-order valence-electron chi connectivity index (χ0n) is 20.3. The van der Waals surface area contributed by atoms with E-state index in [1.807, 2.05) is 39.1 Å². The van der Waals surface area contributed by atoms with Crippen LogP contribution in [0.3, 0.4) is 0 Å². The van der Waals surface area contributed by atoms with Crippen LogP contribution in [0.2, 0.25) is 0 Å². The largest absolute Gasteiger partial charge is 0.455 e. The zero-order valence-corrected chi connectivity index (χ0v) is 20.3. The van der Waals surface area contributed by atoms with Crippen LogP contribution in [-0.4, -0.2) is 46.4 Å². The highest BCUT2D eigenvalue weighted by atomic mass is 16.3. The molecule has 0 spiro atoms. The predicted molar refractivity (Wildman–Crippen MR) is 133 cm³/mol. The lowest BCUT2D eigenvalue weighted by atomic mass is 10.1. The summed E-state index contributed by atoms with van der Waals surface area (Å²) >= 11 is 0. The number of hydrogen-bond donors (Lipinski definition) is 1. The number of allylic oxidation sites excluding steroid dienone is 4. The highest BCUT2D eigenvalue weighted by Crippen LogP contribution is 2.28. The van der Waals surface area contributed by atoms with Gasteiger partial charge >= 0.3 is 0 Å². The third kappa shape index (κ3) is 5.11. The molecule has 174 valence electrons. The maximum atomic E-state index is 13.4. The lowest BCUT2D eigenvalue weighted by Gasteiger charge is -2.36. The predicted octanol–water partition coefficient (Wildman–Crippen LogP) is 5.07. The summed E-state index contributed by atoms with van der Waals surface area (Å²) in [6, 6.07) is 4.42. The molecule has 2 aromatic heterocycles. The van der Waals surface area contributed by atoms with Crippen molar-refractivity contribution in [3.63, 3.8) is 0 Å². The number of amides is 1. The van der Waals surface area contributed by atoms with Crippen molar-refractivity contribution in [1.82, 2.24) is 20.1 Å². The molecule has 33 heavy (non-hydrogen) atoms. The molecule has 6 heteroatoms. The van der Waals surface area contributed by atoms with Crippen molar-refractivity contribution in [2.75, 3.05) is 19.6 Å². The quantitative estimate of drug-likeness (QED) is 0.650. The smallest absolute Gasteiger partial charge is 0.255 e. The maximum Gasteiger partial charge on any atom is 0.255 e. The van der Waals surface area contributed by atoms with Gasteiger partial charge in [-0.2, -0.15) is 0 Å². The molecule has 2 aliphatic rings. The van der Waals surface area contributed by atoms with E-state index in [-0.39, 0.29) is 5.91 Å². The zero-order chi connectivity index (χ0) is 23.5. The summed E-state index contributed by atoms with van der Waals surface area (Å²) in [6.07, 6.45) is 11.9. The van der Waals surface area contributed by atoms with Gasteiger partial charge in [-0.3, -0.25) is 14.7 Å². The first kappa shape index (κ1) is 23.1. The number of carbonyl (C=O) groups is 1. The minimum atomic E-state index is -0.0774. The van der Waals surface area contributed by atoms with E-state index in [9.17, 15) is 4.79 Å². The third-order valence-electron chi connectivity index (χ3n) is 6.10. The van der Waals surface area contributed by atoms with Gasteiger partial charge in [0.25, 0.3) is 5.91 Å². The number of fused-ring (bicyclic) bond motifs is 1. The molecule has 0 radical (unpaired) electrons. The Morgan fingerprint density at radius 2 is 2.12 bits per heavy atom. The van der Waals surface area contributed by atoms with E-state index >= 15 is 0 Å². The molecule has 1 N–H and O–H groups in total. The van der Waals surface area contributed by atoms with Crippen LogP contribution < -0.4 is 5.32 Å². The highest BCUT2D eigenvalue weighted by molar-refractivity contribution is 5.97. The van der Waals surface area contributed by atoms with E-state index in [2.05, 4.69) is 47.3 Å². The van der Waals surface area contributed by atoms with Gasteiger partial charge in [-0.25, -0.2) is 0 Å². The number of carbonyl (C=O) groups excluding carboxylic acids is 1. The SMILES string of the molecule is CCC/C=C1\C=CC(N2CCN[C@@H](C)C2)=CN1C(=O)/C=C(\C)c1cc2cc(C)nc(C)c2o1. The van der Waals surface area contributed by atoms with E-state index in [1.54, 1.807) is 11.0 Å². The Morgan fingerprint density at radius 3 is 2.88 bits per heavy atom. The first-order valence-electron chi connectivity index (χ1n) is 11.8. The molecular formula is C27H34N4O2. The topological polar surface area (TPSA) is 61.6 Å². The van der Waals surface area contributed by atoms with E-state index < -0.39 is 0 Å². The molecule has 1 amide bonds. The summed E-state index contributed by atoms with van der Waals surface area (Å²) in [5, 5.41) is 4.48.